The van der Waals surface area contributed by atoms with Gasteiger partial charge in [0, 0.05) is 138 Å². The summed E-state index contributed by atoms with van der Waals surface area (Å²) in [7, 11) is 2.48. The molecule has 3 N–H and O–H groups in total. The molecule has 0 spiro atoms. The number of aromatic nitrogens is 2. The number of hydrogen-bond donors (Lipinski definition) is 3. The molecule has 22 rings (SSSR count). The molecule has 23 heteroatoms. The lowest BCUT2D eigenvalue weighted by Gasteiger charge is -2.30. The van der Waals surface area contributed by atoms with Gasteiger partial charge in [-0.15, -0.1) is 0 Å². The lowest BCUT2D eigenvalue weighted by molar-refractivity contribution is -0.384. The number of para-hydroxylation sites is 7. The highest BCUT2D eigenvalue weighted by Crippen LogP contribution is 2.50. The van der Waals surface area contributed by atoms with Gasteiger partial charge in [0.1, 0.15) is 0 Å². The third-order valence-corrected chi connectivity index (χ3v) is 29.5. The van der Waals surface area contributed by atoms with Crippen molar-refractivity contribution < 1.29 is 19.9 Å². The predicted molar refractivity (Wildman–Crippen MR) is 620 cm³/mol. The molecule has 2 heterocycles. The van der Waals surface area contributed by atoms with Crippen molar-refractivity contribution in [2.24, 2.45) is 14.1 Å². The molecule has 0 unspecified atom stereocenters. The third kappa shape index (κ3) is 24.4. The standard InChI is InChI=1S/C49H37N3.C18H15N.C13H9Br2N.C13H8Br2.C12H7Br2NO2.C6H6BNO4.C6H3Br2I/c1-50-46-25-15-14-24-45(46)49-47(50)34-44(51(40-20-10-4-11-21-40)42-30-26-38(27-31-42)36-16-6-2-7-17-36)35-48(49)52(41-22-12-5-13-23-41)43-32-28-39(29-33-43)37-18-8-3-9-19-37;1-3-7-15(8-4-1)16-11-13-18(14-12-16)19-17-9-5-2-6-10-17;1-16-11-5-3-2-4-9(11)13-10(15)6-8(14)7-12(13)16;14-10-6-9-5-8-3-1-2-4-11(8)13(9)12(15)7-10;13-8-5-6-9(11(14)7-8)10-3-1-2-4-12(10)15(16)17;9-7(10)5-3-1-2-4-6(5)8(11)12;7-4-1-2-6(9)5(8)3-4/h2-35H,1H3;1-14,19H;2-7H,1H3;1-4,6-7H,5H2;1-7H;1-4,9-10H;1-3H. The molecule has 2 aromatic heterocycles. The normalized spacial score (nSPS) is 10.8. The summed E-state index contributed by atoms with van der Waals surface area (Å²) in [5.74, 6) is 0. The van der Waals surface area contributed by atoms with Crippen molar-refractivity contribution in [2.45, 2.75) is 6.42 Å². The fourth-order valence-corrected chi connectivity index (χ4v) is 22.4. The first kappa shape index (κ1) is 101. The maximum absolute atomic E-state index is 11.0. The van der Waals surface area contributed by atoms with E-state index >= 15 is 0 Å². The fraction of sp³-hybridized carbons (Fsp3) is 0.0256. The van der Waals surface area contributed by atoms with Crippen LogP contribution < -0.4 is 20.6 Å². The zero-order valence-electron chi connectivity index (χ0n) is 75.1. The van der Waals surface area contributed by atoms with E-state index in [0.717, 1.165) is 94.3 Å². The van der Waals surface area contributed by atoms with Gasteiger partial charge in [-0.2, -0.15) is 0 Å². The largest absolute Gasteiger partial charge is 0.495 e. The molecular formula is C117H85BBr8IN7O6. The summed E-state index contributed by atoms with van der Waals surface area (Å²) in [5.41, 5.74) is 27.6. The molecule has 0 fully saturated rings. The van der Waals surface area contributed by atoms with Crippen molar-refractivity contribution in [1.29, 1.82) is 0 Å². The van der Waals surface area contributed by atoms with Crippen LogP contribution >= 0.6 is 150 Å². The van der Waals surface area contributed by atoms with Gasteiger partial charge in [-0.3, -0.25) is 20.2 Å². The quantitative estimate of drug-likeness (QED) is 0.0299. The molecule has 0 saturated carbocycles. The Morgan fingerprint density at radius 2 is 0.707 bits per heavy atom. The van der Waals surface area contributed by atoms with Gasteiger partial charge in [0.05, 0.1) is 43.3 Å². The van der Waals surface area contributed by atoms with E-state index in [9.17, 15) is 20.2 Å². The number of fused-ring (bicyclic) bond motifs is 9. The lowest BCUT2D eigenvalue weighted by Crippen LogP contribution is -2.31. The molecule has 0 saturated heterocycles. The number of nitrogens with zero attached hydrogens (tertiary/aromatic N) is 6. The summed E-state index contributed by atoms with van der Waals surface area (Å²) in [4.78, 5) is 25.0. The summed E-state index contributed by atoms with van der Waals surface area (Å²) in [6.07, 6.45) is 1.05. The Balaban J connectivity index is 0.000000132. The molecule has 0 atom stereocenters. The van der Waals surface area contributed by atoms with Crippen molar-refractivity contribution >= 4 is 263 Å². The number of hydrogen-bond acceptors (Lipinski definition) is 9. The van der Waals surface area contributed by atoms with Gasteiger partial charge in [-0.1, -0.05) is 391 Å². The zero-order valence-corrected chi connectivity index (χ0v) is 90.0. The molecule has 0 amide bonds. The smallest absolute Gasteiger partial charge is 0.423 e. The number of nitro groups is 2. The molecule has 140 heavy (non-hydrogen) atoms. The second kappa shape index (κ2) is 47.7. The van der Waals surface area contributed by atoms with E-state index in [1.807, 2.05) is 54.6 Å². The van der Waals surface area contributed by atoms with Gasteiger partial charge in [0.15, 0.2) is 0 Å². The number of aryl methyl sites for hydroxylation is 2. The van der Waals surface area contributed by atoms with Crippen molar-refractivity contribution in [1.82, 2.24) is 9.13 Å². The minimum Gasteiger partial charge on any atom is -0.423 e. The third-order valence-electron chi connectivity index (χ3n) is 23.4. The van der Waals surface area contributed by atoms with Crippen LogP contribution in [0.1, 0.15) is 11.1 Å². The predicted octanol–water partition coefficient (Wildman–Crippen LogP) is 36.2. The van der Waals surface area contributed by atoms with Crippen LogP contribution in [0.5, 0.6) is 0 Å². The number of nitrogens with one attached hydrogen (secondary N) is 1. The highest BCUT2D eigenvalue weighted by Gasteiger charge is 2.27. The molecule has 0 bridgehead atoms. The zero-order chi connectivity index (χ0) is 97.9. The van der Waals surface area contributed by atoms with E-state index < -0.39 is 12.0 Å². The second-order valence-corrected chi connectivity index (χ2v) is 40.5. The Kier molecular flexibility index (Phi) is 34.2. The van der Waals surface area contributed by atoms with Gasteiger partial charge < -0.3 is 34.3 Å². The SMILES string of the molecule is Brc1cc(Br)c2c(c1)Cc1ccccc1-2.Brc1ccc(I)c(Br)c1.Cn1c2ccccc2c2c(Br)cc(Br)cc21.Cn1c2ccccc2c2c(N(c3ccccc3)c3ccc(-c4ccccc4)cc3)cc(N(c3ccccc3)c3ccc(-c4ccccc4)cc3)cc21.O=[N+]([O-])c1ccccc1-c1ccc(Br)cc1Br.O=[N+]([O-])c1ccccc1B(O)O.c1ccc(Nc2ccc(-c3ccccc3)cc2)cc1. The van der Waals surface area contributed by atoms with Gasteiger partial charge >= 0.3 is 7.12 Å². The first-order valence-corrected chi connectivity index (χ1v) is 51.7. The van der Waals surface area contributed by atoms with E-state index in [-0.39, 0.29) is 21.8 Å². The summed E-state index contributed by atoms with van der Waals surface area (Å²) >= 11 is 30.2. The molecule has 0 aliphatic heterocycles. The Hall–Kier alpha value is -12.5. The molecule has 0 radical (unpaired) electrons. The van der Waals surface area contributed by atoms with Crippen molar-refractivity contribution in [3.8, 4) is 55.6 Å². The molecule has 13 nitrogen and oxygen atoms in total. The molecule has 21 aromatic rings. The van der Waals surface area contributed by atoms with E-state index in [2.05, 4.69) is 534 Å². The van der Waals surface area contributed by atoms with Crippen LogP contribution in [0, 0.1) is 23.8 Å². The summed E-state index contributed by atoms with van der Waals surface area (Å²) < 4.78 is 14.3. The van der Waals surface area contributed by atoms with Crippen LogP contribution in [0.25, 0.3) is 99.2 Å². The topological polar surface area (TPSA) is 155 Å². The number of benzene rings is 19. The van der Waals surface area contributed by atoms with Crippen LogP contribution in [-0.2, 0) is 20.5 Å². The van der Waals surface area contributed by atoms with Crippen LogP contribution in [0.2, 0.25) is 0 Å². The van der Waals surface area contributed by atoms with Crippen molar-refractivity contribution in [3.05, 3.63) is 520 Å². The molecule has 1 aliphatic rings. The average molecular weight is 2460 g/mol. The van der Waals surface area contributed by atoms with Crippen molar-refractivity contribution in [2.75, 3.05) is 15.1 Å². The van der Waals surface area contributed by atoms with Crippen LogP contribution in [0.4, 0.5) is 56.9 Å². The Morgan fingerprint density at radius 1 is 0.314 bits per heavy atom. The van der Waals surface area contributed by atoms with E-state index in [4.69, 9.17) is 10.0 Å². The van der Waals surface area contributed by atoms with Crippen molar-refractivity contribution in [3.63, 3.8) is 0 Å². The van der Waals surface area contributed by atoms with E-state index in [1.165, 1.54) is 132 Å². The Morgan fingerprint density at radius 3 is 1.22 bits per heavy atom. The first-order chi connectivity index (χ1) is 68.0. The van der Waals surface area contributed by atoms with E-state index in [0.29, 0.717) is 5.56 Å². The second-order valence-electron chi connectivity index (χ2n) is 32.3. The highest BCUT2D eigenvalue weighted by molar-refractivity contribution is 14.1. The minimum absolute atomic E-state index is 0.0949. The van der Waals surface area contributed by atoms with Gasteiger partial charge in [0.2, 0.25) is 0 Å². The molecule has 690 valence electrons. The number of halogens is 9. The number of anilines is 8. The van der Waals surface area contributed by atoms with E-state index in [1.54, 1.807) is 18.2 Å². The lowest BCUT2D eigenvalue weighted by atomic mass is 9.79. The fourth-order valence-electron chi connectivity index (χ4n) is 16.8. The molecule has 1 aliphatic carbocycles. The maximum atomic E-state index is 11.0. The number of rotatable bonds is 15. The summed E-state index contributed by atoms with van der Waals surface area (Å²) in [6.45, 7) is 0. The summed E-state index contributed by atoms with van der Waals surface area (Å²) in [6, 6.07) is 152. The summed E-state index contributed by atoms with van der Waals surface area (Å²) in [5, 5.41) is 47.1. The monoisotopic (exact) mass is 2450 g/mol. The van der Waals surface area contributed by atoms with Gasteiger partial charge in [0.25, 0.3) is 11.4 Å². The Labute approximate surface area is 893 Å². The van der Waals surface area contributed by atoms with Gasteiger partial charge in [-0.25, -0.2) is 0 Å². The number of nitro benzene ring substituents is 2. The molecular weight excluding hydrogens is 2380 g/mol. The van der Waals surface area contributed by atoms with Crippen LogP contribution in [-0.4, -0.2) is 36.1 Å². The molecule has 19 aromatic carbocycles. The van der Waals surface area contributed by atoms with Crippen LogP contribution in [0.15, 0.2) is 485 Å². The van der Waals surface area contributed by atoms with Gasteiger partial charge in [-0.05, 0) is 258 Å². The maximum Gasteiger partial charge on any atom is 0.495 e. The Bertz CT molecular complexity index is 7930. The average Bonchev–Trinajstić information content (AvgIpc) is 1.58. The first-order valence-electron chi connectivity index (χ1n) is 44.3. The minimum atomic E-state index is -1.80. The highest BCUT2D eigenvalue weighted by atomic mass is 127. The van der Waals surface area contributed by atoms with Crippen LogP contribution in [0.3, 0.4) is 0 Å².